The second kappa shape index (κ2) is 13.8. The minimum Gasteiger partial charge on any atom is -0.0587 e. The van der Waals surface area contributed by atoms with Crippen LogP contribution in [0.5, 0.6) is 0 Å². The molecule has 0 spiro atoms. The van der Waals surface area contributed by atoms with E-state index in [0.717, 1.165) is 51.4 Å². The highest BCUT2D eigenvalue weighted by atomic mass is 14.2. The maximum absolute atomic E-state index is 2.47. The van der Waals surface area contributed by atoms with E-state index in [2.05, 4.69) is 170 Å². The van der Waals surface area contributed by atoms with Crippen LogP contribution < -0.4 is 0 Å². The van der Waals surface area contributed by atoms with Crippen LogP contribution in [-0.4, -0.2) is 0 Å². The number of hydrogen-bond donors (Lipinski definition) is 0. The molecule has 0 fully saturated rings. The fourth-order valence-corrected chi connectivity index (χ4v) is 9.55. The van der Waals surface area contributed by atoms with Gasteiger partial charge in [0, 0.05) is 0 Å². The van der Waals surface area contributed by atoms with Crippen molar-refractivity contribution in [2.45, 2.75) is 51.4 Å². The third kappa shape index (κ3) is 6.20. The first-order valence-electron chi connectivity index (χ1n) is 20.6. The zero-order chi connectivity index (χ0) is 37.0. The van der Waals surface area contributed by atoms with Gasteiger partial charge in [-0.3, -0.25) is 0 Å². The van der Waals surface area contributed by atoms with Crippen LogP contribution in [0.3, 0.4) is 0 Å². The predicted octanol–water partition coefficient (Wildman–Crippen LogP) is 13.8. The summed E-state index contributed by atoms with van der Waals surface area (Å²) in [4.78, 5) is 0. The van der Waals surface area contributed by atoms with Gasteiger partial charge in [0.1, 0.15) is 0 Å². The van der Waals surface area contributed by atoms with Crippen LogP contribution in [0.15, 0.2) is 170 Å². The van der Waals surface area contributed by atoms with Gasteiger partial charge in [-0.25, -0.2) is 0 Å². The Balaban J connectivity index is 1.04. The molecule has 56 heavy (non-hydrogen) atoms. The van der Waals surface area contributed by atoms with Crippen molar-refractivity contribution in [3.05, 3.63) is 214 Å². The van der Waals surface area contributed by atoms with Crippen LogP contribution in [0.4, 0.5) is 0 Å². The van der Waals surface area contributed by atoms with E-state index in [4.69, 9.17) is 0 Å². The van der Waals surface area contributed by atoms with Crippen molar-refractivity contribution >= 4 is 0 Å². The molecule has 15 aliphatic carbocycles. The Labute approximate surface area is 331 Å². The Morgan fingerprint density at radius 1 is 0.179 bits per heavy atom. The lowest BCUT2D eigenvalue weighted by molar-refractivity contribution is 0.925. The molecule has 0 atom stereocenters. The number of rotatable bonds is 0. The molecule has 0 amide bonds. The maximum atomic E-state index is 2.47. The molecule has 0 aromatic heterocycles. The second-order valence-corrected chi connectivity index (χ2v) is 16.3. The Morgan fingerprint density at radius 2 is 0.375 bits per heavy atom. The second-order valence-electron chi connectivity index (χ2n) is 16.3. The summed E-state index contributed by atoms with van der Waals surface area (Å²) in [5.74, 6) is 0. The largest absolute Gasteiger partial charge is 0.0587 e. The van der Waals surface area contributed by atoms with Gasteiger partial charge >= 0.3 is 0 Å². The van der Waals surface area contributed by atoms with Crippen LogP contribution in [0.2, 0.25) is 0 Å². The number of aryl methyl sites for hydroxylation is 8. The van der Waals surface area contributed by atoms with Gasteiger partial charge in [0.15, 0.2) is 0 Å². The van der Waals surface area contributed by atoms with Gasteiger partial charge in [-0.05, 0) is 163 Å². The SMILES string of the molecule is c1cc2c3cc1CCc1ccc(cc1-c1ccc(cc1)-c1ccc(cc1)-c1cc4ccc1CCc1ccc(c(c1)-c1ccc(cc1)-c1ccc-3cc1)CC4)CC2. The average Bonchev–Trinajstić information content (AvgIpc) is 3.25. The van der Waals surface area contributed by atoms with Crippen molar-refractivity contribution in [3.63, 3.8) is 0 Å². The molecule has 0 saturated carbocycles. The van der Waals surface area contributed by atoms with Gasteiger partial charge in [-0.1, -0.05) is 170 Å². The van der Waals surface area contributed by atoms with E-state index in [1.54, 1.807) is 0 Å². The smallest absolute Gasteiger partial charge is 0.0149 e. The molecule has 0 N–H and O–H groups in total. The van der Waals surface area contributed by atoms with Gasteiger partial charge in [0.2, 0.25) is 0 Å². The van der Waals surface area contributed by atoms with E-state index >= 15 is 0 Å². The number of hydrogen-bond acceptors (Lipinski definition) is 0. The van der Waals surface area contributed by atoms with E-state index in [0.29, 0.717) is 0 Å². The normalized spacial score (nSPS) is 13.9. The third-order valence-corrected chi connectivity index (χ3v) is 12.9. The maximum Gasteiger partial charge on any atom is -0.0149 e. The molecule has 0 heteroatoms. The molecule has 0 nitrogen and oxygen atoms in total. The van der Waals surface area contributed by atoms with E-state index in [1.165, 1.54) is 111 Å². The molecule has 8 aromatic carbocycles. The average molecular weight is 717 g/mol. The topological polar surface area (TPSA) is 0 Å². The number of benzene rings is 8. The molecular formula is C56H44. The van der Waals surface area contributed by atoms with Gasteiger partial charge in [0.05, 0.1) is 0 Å². The summed E-state index contributed by atoms with van der Waals surface area (Å²) in [7, 11) is 0. The summed E-state index contributed by atoms with van der Waals surface area (Å²) in [5, 5.41) is 0. The first-order chi connectivity index (χ1) is 27.7. The molecule has 20 bridgehead atoms. The molecule has 15 aliphatic rings. The molecule has 268 valence electrons. The molecule has 0 saturated heterocycles. The lowest BCUT2D eigenvalue weighted by Gasteiger charge is -2.18. The van der Waals surface area contributed by atoms with E-state index in [1.807, 2.05) is 0 Å². The fourth-order valence-electron chi connectivity index (χ4n) is 9.55. The lowest BCUT2D eigenvalue weighted by Crippen LogP contribution is -2.02. The predicted molar refractivity (Wildman–Crippen MR) is 235 cm³/mol. The van der Waals surface area contributed by atoms with E-state index in [-0.39, 0.29) is 0 Å². The van der Waals surface area contributed by atoms with Crippen LogP contribution in [0, 0.1) is 0 Å². The zero-order valence-electron chi connectivity index (χ0n) is 31.8. The molecule has 0 aliphatic heterocycles. The molecular weight excluding hydrogens is 673 g/mol. The summed E-state index contributed by atoms with van der Waals surface area (Å²) >= 11 is 0. The highest BCUT2D eigenvalue weighted by Gasteiger charge is 2.16. The molecule has 23 rings (SSSR count). The summed E-state index contributed by atoms with van der Waals surface area (Å²) in [6.07, 6.45) is 8.13. The van der Waals surface area contributed by atoms with Crippen LogP contribution >= 0.6 is 0 Å². The van der Waals surface area contributed by atoms with Gasteiger partial charge < -0.3 is 0 Å². The third-order valence-electron chi connectivity index (χ3n) is 12.9. The van der Waals surface area contributed by atoms with Gasteiger partial charge in [-0.15, -0.1) is 0 Å². The van der Waals surface area contributed by atoms with Crippen molar-refractivity contribution < 1.29 is 0 Å². The molecule has 0 heterocycles. The lowest BCUT2D eigenvalue weighted by atomic mass is 9.86. The summed E-state index contributed by atoms with van der Waals surface area (Å²) < 4.78 is 0. The summed E-state index contributed by atoms with van der Waals surface area (Å²) in [6, 6.07) is 66.1. The van der Waals surface area contributed by atoms with Crippen LogP contribution in [0.1, 0.15) is 44.5 Å². The summed E-state index contributed by atoms with van der Waals surface area (Å²) in [6.45, 7) is 0. The van der Waals surface area contributed by atoms with Gasteiger partial charge in [0.25, 0.3) is 0 Å². The fraction of sp³-hybridized carbons (Fsp3) is 0.143. The Hall–Kier alpha value is -6.24. The van der Waals surface area contributed by atoms with Crippen molar-refractivity contribution in [2.24, 2.45) is 0 Å². The molecule has 0 unspecified atom stereocenters. The zero-order valence-corrected chi connectivity index (χ0v) is 31.8. The van der Waals surface area contributed by atoms with Crippen molar-refractivity contribution in [3.8, 4) is 66.8 Å². The van der Waals surface area contributed by atoms with E-state index < -0.39 is 0 Å². The first kappa shape index (κ1) is 33.1. The quantitative estimate of drug-likeness (QED) is 0.147. The monoisotopic (exact) mass is 716 g/mol. The molecule has 0 radical (unpaired) electrons. The highest BCUT2D eigenvalue weighted by Crippen LogP contribution is 2.36. The molecule has 8 aromatic rings. The van der Waals surface area contributed by atoms with Gasteiger partial charge in [-0.2, -0.15) is 0 Å². The van der Waals surface area contributed by atoms with Crippen LogP contribution in [0.25, 0.3) is 66.8 Å². The standard InChI is InChI=1S/C56H44/c1-9-45-14-6-38-2-10-46-13-5-37(1)33-53(46)49-25-17-41(18-26-49)43-21-29-51(30-22-43)55-35-39-4-12-48-16-8-40(3-11-47(55)15-7-39)36-56(48)52-31-23-44(24-32-52)42-19-27-50(28-20-42)54(45)34-38/h5-8,13-36H,1-4,9-12H2. The van der Waals surface area contributed by atoms with Crippen molar-refractivity contribution in [1.82, 2.24) is 0 Å². The van der Waals surface area contributed by atoms with E-state index in [9.17, 15) is 0 Å². The minimum atomic E-state index is 1.02. The Bertz CT molecular complexity index is 2360. The Kier molecular flexibility index (Phi) is 8.17. The first-order valence-corrected chi connectivity index (χ1v) is 20.6. The Morgan fingerprint density at radius 3 is 0.589 bits per heavy atom. The van der Waals surface area contributed by atoms with Crippen molar-refractivity contribution in [2.75, 3.05) is 0 Å². The van der Waals surface area contributed by atoms with Crippen molar-refractivity contribution in [1.29, 1.82) is 0 Å². The minimum absolute atomic E-state index is 1.02. The summed E-state index contributed by atoms with van der Waals surface area (Å²) in [5.41, 5.74) is 27.1. The van der Waals surface area contributed by atoms with Crippen LogP contribution in [-0.2, 0) is 51.4 Å². The highest BCUT2D eigenvalue weighted by molar-refractivity contribution is 5.78.